The van der Waals surface area contributed by atoms with Crippen molar-refractivity contribution >= 4 is 5.78 Å². The van der Waals surface area contributed by atoms with Crippen molar-refractivity contribution in [2.45, 2.75) is 20.3 Å². The van der Waals surface area contributed by atoms with E-state index >= 15 is 0 Å². The molecule has 0 atom stereocenters. The number of benzene rings is 1. The topological polar surface area (TPSA) is 41.8 Å². The van der Waals surface area contributed by atoms with Gasteiger partial charge in [0.05, 0.1) is 22.0 Å². The summed E-state index contributed by atoms with van der Waals surface area (Å²) in [7, 11) is 0. The van der Waals surface area contributed by atoms with Crippen molar-refractivity contribution in [2.75, 3.05) is 0 Å². The zero-order valence-corrected chi connectivity index (χ0v) is 10.5. The Bertz CT molecular complexity index is 708. The molecule has 0 aromatic heterocycles. The Hall–Kier alpha value is -2.03. The van der Waals surface area contributed by atoms with Gasteiger partial charge in [0.15, 0.2) is 5.78 Å². The first kappa shape index (κ1) is 11.1. The molecule has 90 valence electrons. The summed E-state index contributed by atoms with van der Waals surface area (Å²) in [6, 6.07) is 7.68. The molecule has 0 spiro atoms. The molecular weight excluding hydrogens is 224 g/mol. The monoisotopic (exact) mass is 238 g/mol. The van der Waals surface area contributed by atoms with Gasteiger partial charge in [0, 0.05) is 12.6 Å². The fourth-order valence-corrected chi connectivity index (χ4v) is 2.31. The van der Waals surface area contributed by atoms with Crippen LogP contribution in [0.3, 0.4) is 0 Å². The molecule has 0 fully saturated rings. The van der Waals surface area contributed by atoms with E-state index in [1.807, 2.05) is 24.3 Å². The third kappa shape index (κ3) is 1.82. The molecule has 0 N–H and O–H groups in total. The Labute approximate surface area is 105 Å². The molecule has 1 aliphatic heterocycles. The summed E-state index contributed by atoms with van der Waals surface area (Å²) in [6.45, 7) is 4.11. The van der Waals surface area contributed by atoms with Gasteiger partial charge >= 0.3 is 0 Å². The molecule has 3 nitrogen and oxygen atoms in total. The molecule has 0 unspecified atom stereocenters. The average Bonchev–Trinajstić information content (AvgIpc) is 2.46. The normalized spacial score (nSPS) is 20.4. The van der Waals surface area contributed by atoms with Crippen LogP contribution >= 0.6 is 0 Å². The van der Waals surface area contributed by atoms with Gasteiger partial charge in [-0.05, 0) is 17.5 Å². The van der Waals surface area contributed by atoms with Crippen LogP contribution in [0.1, 0.15) is 20.3 Å². The van der Waals surface area contributed by atoms with E-state index in [1.54, 1.807) is 6.20 Å². The van der Waals surface area contributed by atoms with E-state index < -0.39 is 0 Å². The number of carbonyl (C=O) groups is 1. The summed E-state index contributed by atoms with van der Waals surface area (Å²) >= 11 is 0. The van der Waals surface area contributed by atoms with Gasteiger partial charge in [-0.25, -0.2) is 4.99 Å². The number of nitrogens with zero attached hydrogens (tertiary/aromatic N) is 2. The molecule has 0 amide bonds. The molecule has 1 aromatic carbocycles. The van der Waals surface area contributed by atoms with Gasteiger partial charge < -0.3 is 0 Å². The fraction of sp³-hybridized carbons (Fsp3) is 0.267. The van der Waals surface area contributed by atoms with Crippen LogP contribution in [0.2, 0.25) is 0 Å². The maximum atomic E-state index is 12.1. The summed E-state index contributed by atoms with van der Waals surface area (Å²) in [6.07, 6.45) is 4.24. The van der Waals surface area contributed by atoms with Gasteiger partial charge in [0.2, 0.25) is 0 Å². The maximum absolute atomic E-state index is 12.1. The number of fused-ring (bicyclic) bond motifs is 2. The molecule has 1 aliphatic carbocycles. The SMILES string of the molecule is CC1(C)C=C2N=c3ccccc3=NC=C2C(=O)C1. The Kier molecular flexibility index (Phi) is 2.30. The molecular formula is C15H14N2O. The minimum Gasteiger partial charge on any atom is -0.294 e. The summed E-state index contributed by atoms with van der Waals surface area (Å²) in [5, 5.41) is 1.63. The number of hydrogen-bond acceptors (Lipinski definition) is 3. The van der Waals surface area contributed by atoms with E-state index in [0.717, 1.165) is 16.4 Å². The number of rotatable bonds is 0. The number of carbonyl (C=O) groups excluding carboxylic acids is 1. The van der Waals surface area contributed by atoms with Gasteiger partial charge in [-0.3, -0.25) is 9.79 Å². The lowest BCUT2D eigenvalue weighted by Crippen LogP contribution is -2.25. The molecule has 0 saturated carbocycles. The number of ketones is 1. The third-order valence-electron chi connectivity index (χ3n) is 3.18. The molecule has 0 saturated heterocycles. The zero-order valence-electron chi connectivity index (χ0n) is 10.5. The molecule has 0 radical (unpaired) electrons. The number of allylic oxidation sites excluding steroid dienone is 2. The molecule has 3 rings (SSSR count). The van der Waals surface area contributed by atoms with Crippen molar-refractivity contribution in [1.29, 1.82) is 0 Å². The molecule has 2 aliphatic rings. The number of para-hydroxylation sites is 2. The minimum atomic E-state index is -0.132. The molecule has 18 heavy (non-hydrogen) atoms. The molecule has 1 aromatic rings. The largest absolute Gasteiger partial charge is 0.294 e. The highest BCUT2D eigenvalue weighted by atomic mass is 16.1. The van der Waals surface area contributed by atoms with E-state index in [9.17, 15) is 4.79 Å². The van der Waals surface area contributed by atoms with Gasteiger partial charge in [-0.2, -0.15) is 0 Å². The van der Waals surface area contributed by atoms with Gasteiger partial charge in [-0.1, -0.05) is 32.1 Å². The van der Waals surface area contributed by atoms with Crippen LogP contribution in [-0.4, -0.2) is 5.78 Å². The fourth-order valence-electron chi connectivity index (χ4n) is 2.31. The van der Waals surface area contributed by atoms with Crippen LogP contribution in [0.5, 0.6) is 0 Å². The van der Waals surface area contributed by atoms with Gasteiger partial charge in [0.25, 0.3) is 0 Å². The Balaban J connectivity index is 2.30. The van der Waals surface area contributed by atoms with Crippen molar-refractivity contribution < 1.29 is 4.79 Å². The lowest BCUT2D eigenvalue weighted by atomic mass is 9.79. The van der Waals surface area contributed by atoms with Crippen molar-refractivity contribution in [3.8, 4) is 0 Å². The third-order valence-corrected chi connectivity index (χ3v) is 3.18. The van der Waals surface area contributed by atoms with Crippen LogP contribution in [0.15, 0.2) is 57.8 Å². The molecule has 1 heterocycles. The summed E-state index contributed by atoms with van der Waals surface area (Å²) in [5.41, 5.74) is 1.25. The Morgan fingerprint density at radius 3 is 2.67 bits per heavy atom. The van der Waals surface area contributed by atoms with Crippen molar-refractivity contribution in [1.82, 2.24) is 0 Å². The maximum Gasteiger partial charge on any atom is 0.167 e. The highest BCUT2D eigenvalue weighted by Gasteiger charge is 2.30. The second kappa shape index (κ2) is 3.73. The predicted molar refractivity (Wildman–Crippen MR) is 68.3 cm³/mol. The zero-order chi connectivity index (χ0) is 12.8. The Morgan fingerprint density at radius 1 is 1.17 bits per heavy atom. The summed E-state index contributed by atoms with van der Waals surface area (Å²) in [4.78, 5) is 21.1. The highest BCUT2D eigenvalue weighted by Crippen LogP contribution is 2.34. The second-order valence-electron chi connectivity index (χ2n) is 5.39. The average molecular weight is 238 g/mol. The van der Waals surface area contributed by atoms with Crippen LogP contribution < -0.4 is 10.7 Å². The second-order valence-corrected chi connectivity index (χ2v) is 5.39. The summed E-state index contributed by atoms with van der Waals surface area (Å²) < 4.78 is 0. The van der Waals surface area contributed by atoms with Crippen LogP contribution in [0.4, 0.5) is 0 Å². The van der Waals surface area contributed by atoms with Gasteiger partial charge in [-0.15, -0.1) is 0 Å². The quantitative estimate of drug-likeness (QED) is 0.678. The molecule has 0 bridgehead atoms. The lowest BCUT2D eigenvalue weighted by Gasteiger charge is -2.25. The van der Waals surface area contributed by atoms with E-state index in [-0.39, 0.29) is 11.2 Å². The van der Waals surface area contributed by atoms with Crippen molar-refractivity contribution in [2.24, 2.45) is 15.4 Å². The van der Waals surface area contributed by atoms with Gasteiger partial charge in [0.1, 0.15) is 0 Å². The van der Waals surface area contributed by atoms with Crippen LogP contribution in [0, 0.1) is 5.41 Å². The standard InChI is InChI=1S/C15H14N2O/c1-15(2)7-13-10(14(18)8-15)9-16-11-5-3-4-6-12(11)17-13/h3-7,9H,8H2,1-2H3. The molecule has 3 heteroatoms. The highest BCUT2D eigenvalue weighted by molar-refractivity contribution is 6.01. The van der Waals surface area contributed by atoms with Crippen molar-refractivity contribution in [3.63, 3.8) is 0 Å². The van der Waals surface area contributed by atoms with Crippen molar-refractivity contribution in [3.05, 3.63) is 58.5 Å². The lowest BCUT2D eigenvalue weighted by molar-refractivity contribution is -0.117. The van der Waals surface area contributed by atoms with Crippen LogP contribution in [0.25, 0.3) is 0 Å². The number of hydrogen-bond donors (Lipinski definition) is 0. The van der Waals surface area contributed by atoms with E-state index in [0.29, 0.717) is 12.0 Å². The summed E-state index contributed by atoms with van der Waals surface area (Å²) in [5.74, 6) is 0.123. The van der Waals surface area contributed by atoms with E-state index in [1.165, 1.54) is 0 Å². The van der Waals surface area contributed by atoms with E-state index in [2.05, 4.69) is 29.9 Å². The van der Waals surface area contributed by atoms with Crippen LogP contribution in [-0.2, 0) is 4.79 Å². The predicted octanol–water partition coefficient (Wildman–Crippen LogP) is 1.71. The minimum absolute atomic E-state index is 0.123. The Morgan fingerprint density at radius 2 is 1.89 bits per heavy atom. The van der Waals surface area contributed by atoms with E-state index in [4.69, 9.17) is 0 Å². The smallest absolute Gasteiger partial charge is 0.167 e. The number of Topliss-reactive ketones (excluding diaryl/α,β-unsaturated/α-hetero) is 1. The first-order chi connectivity index (χ1) is 8.55. The first-order valence-corrected chi connectivity index (χ1v) is 6.03. The first-order valence-electron chi connectivity index (χ1n) is 6.03.